The first-order valence-electron chi connectivity index (χ1n) is 9.98. The highest BCUT2D eigenvalue weighted by molar-refractivity contribution is 8.18. The quantitative estimate of drug-likeness (QED) is 0.413. The molecule has 0 spiro atoms. The smallest absolute Gasteiger partial charge is 0.346 e. The number of carbonyl (C=O) groups excluding carboxylic acids is 1. The molecular weight excluding hydrogens is 455 g/mol. The van der Waals surface area contributed by atoms with Crippen molar-refractivity contribution >= 4 is 46.1 Å². The first-order chi connectivity index (χ1) is 14.8. The zero-order valence-electron chi connectivity index (χ0n) is 17.6. The van der Waals surface area contributed by atoms with Crippen molar-refractivity contribution in [1.29, 1.82) is 0 Å². The van der Waals surface area contributed by atoms with Crippen molar-refractivity contribution in [2.24, 2.45) is 10.9 Å². The number of amidine groups is 1. The van der Waals surface area contributed by atoms with Gasteiger partial charge in [0.25, 0.3) is 0 Å². The second-order valence-electron chi connectivity index (χ2n) is 7.79. The van der Waals surface area contributed by atoms with E-state index in [1.165, 1.54) is 11.8 Å². The SMILES string of the molecule is CCOC(=O)C1=C(C(C)C)N2C(=N[C@@](C)(c3ccc(Cl)nc3)C2c2ccc(Cl)nc2)S1. The second kappa shape index (κ2) is 8.45. The minimum absolute atomic E-state index is 0.0769. The van der Waals surface area contributed by atoms with Crippen LogP contribution in [0.4, 0.5) is 0 Å². The van der Waals surface area contributed by atoms with E-state index in [1.807, 2.05) is 12.1 Å². The van der Waals surface area contributed by atoms with Crippen LogP contribution in [0.15, 0.2) is 52.3 Å². The number of esters is 1. The van der Waals surface area contributed by atoms with Gasteiger partial charge in [-0.2, -0.15) is 0 Å². The molecule has 0 aromatic carbocycles. The fraction of sp³-hybridized carbons (Fsp3) is 0.364. The normalized spacial score (nSPS) is 22.7. The predicted octanol–water partition coefficient (Wildman–Crippen LogP) is 5.59. The molecule has 0 bridgehead atoms. The fourth-order valence-corrected chi connectivity index (χ4v) is 5.57. The van der Waals surface area contributed by atoms with Gasteiger partial charge < -0.3 is 9.64 Å². The summed E-state index contributed by atoms with van der Waals surface area (Å²) in [5.74, 6) is -0.246. The summed E-state index contributed by atoms with van der Waals surface area (Å²) in [6.07, 6.45) is 3.51. The molecule has 0 N–H and O–H groups in total. The lowest BCUT2D eigenvalue weighted by molar-refractivity contribution is -0.137. The van der Waals surface area contributed by atoms with Crippen molar-refractivity contribution in [3.05, 3.63) is 68.7 Å². The number of thioether (sulfide) groups is 1. The minimum atomic E-state index is -0.671. The van der Waals surface area contributed by atoms with Gasteiger partial charge in [0.1, 0.15) is 20.8 Å². The molecule has 9 heteroatoms. The molecular formula is C22H22Cl2N4O2S. The Morgan fingerprint density at radius 2 is 1.87 bits per heavy atom. The first kappa shape index (κ1) is 22.1. The molecule has 0 amide bonds. The predicted molar refractivity (Wildman–Crippen MR) is 124 cm³/mol. The van der Waals surface area contributed by atoms with Crippen molar-refractivity contribution in [2.45, 2.75) is 39.3 Å². The average molecular weight is 477 g/mol. The van der Waals surface area contributed by atoms with Crippen LogP contribution in [0.3, 0.4) is 0 Å². The van der Waals surface area contributed by atoms with Crippen molar-refractivity contribution in [1.82, 2.24) is 14.9 Å². The number of allylic oxidation sites excluding steroid dienone is 1. The monoisotopic (exact) mass is 476 g/mol. The van der Waals surface area contributed by atoms with E-state index in [0.717, 1.165) is 22.0 Å². The van der Waals surface area contributed by atoms with Crippen LogP contribution in [-0.2, 0) is 15.1 Å². The largest absolute Gasteiger partial charge is 0.462 e. The molecule has 4 rings (SSSR count). The molecule has 0 radical (unpaired) electrons. The molecule has 4 heterocycles. The molecule has 6 nitrogen and oxygen atoms in total. The van der Waals surface area contributed by atoms with E-state index in [1.54, 1.807) is 31.5 Å². The van der Waals surface area contributed by atoms with Crippen molar-refractivity contribution in [3.8, 4) is 0 Å². The first-order valence-corrected chi connectivity index (χ1v) is 11.5. The van der Waals surface area contributed by atoms with Gasteiger partial charge in [-0.05, 0) is 49.2 Å². The van der Waals surface area contributed by atoms with Gasteiger partial charge in [0.05, 0.1) is 12.6 Å². The third kappa shape index (κ3) is 3.83. The number of hydrogen-bond acceptors (Lipinski definition) is 7. The molecule has 0 saturated carbocycles. The number of aromatic nitrogens is 2. The second-order valence-corrected chi connectivity index (χ2v) is 9.54. The lowest BCUT2D eigenvalue weighted by Gasteiger charge is -2.36. The van der Waals surface area contributed by atoms with Crippen molar-refractivity contribution < 1.29 is 9.53 Å². The highest BCUT2D eigenvalue weighted by atomic mass is 35.5. The number of hydrogen-bond donors (Lipinski definition) is 0. The van der Waals surface area contributed by atoms with E-state index in [2.05, 4.69) is 35.6 Å². The van der Waals surface area contributed by atoms with Crippen LogP contribution in [0.2, 0.25) is 10.3 Å². The van der Waals surface area contributed by atoms with Crippen LogP contribution in [0.1, 0.15) is 44.9 Å². The summed E-state index contributed by atoms with van der Waals surface area (Å²) in [5, 5.41) is 1.59. The number of halogens is 2. The van der Waals surface area contributed by atoms with Gasteiger partial charge in [0, 0.05) is 23.7 Å². The lowest BCUT2D eigenvalue weighted by atomic mass is 9.82. The summed E-state index contributed by atoms with van der Waals surface area (Å²) < 4.78 is 5.32. The third-order valence-corrected chi connectivity index (χ3v) is 6.89. The molecule has 2 aromatic heterocycles. The highest BCUT2D eigenvalue weighted by Crippen LogP contribution is 2.56. The Bertz CT molecular complexity index is 1070. The number of carbonyl (C=O) groups is 1. The van der Waals surface area contributed by atoms with E-state index in [9.17, 15) is 4.79 Å². The van der Waals surface area contributed by atoms with Crippen molar-refractivity contribution in [3.63, 3.8) is 0 Å². The molecule has 2 aliphatic rings. The van der Waals surface area contributed by atoms with E-state index in [4.69, 9.17) is 32.9 Å². The van der Waals surface area contributed by atoms with Gasteiger partial charge >= 0.3 is 5.97 Å². The van der Waals surface area contributed by atoms with Crippen LogP contribution in [-0.4, -0.2) is 32.6 Å². The van der Waals surface area contributed by atoms with Gasteiger partial charge in [-0.25, -0.2) is 19.8 Å². The van der Waals surface area contributed by atoms with Gasteiger partial charge in [-0.1, -0.05) is 49.2 Å². The van der Waals surface area contributed by atoms with Crippen LogP contribution in [0.5, 0.6) is 0 Å². The number of nitrogens with zero attached hydrogens (tertiary/aromatic N) is 4. The topological polar surface area (TPSA) is 67.7 Å². The van der Waals surface area contributed by atoms with Gasteiger partial charge in [0.15, 0.2) is 5.17 Å². The maximum absolute atomic E-state index is 12.7. The number of pyridine rings is 2. The number of fused-ring (bicyclic) bond motifs is 1. The van der Waals surface area contributed by atoms with Crippen LogP contribution in [0, 0.1) is 5.92 Å². The molecule has 0 fully saturated rings. The van der Waals surface area contributed by atoms with Crippen LogP contribution >= 0.6 is 35.0 Å². The van der Waals surface area contributed by atoms with E-state index in [0.29, 0.717) is 21.8 Å². The summed E-state index contributed by atoms with van der Waals surface area (Å²) in [7, 11) is 0. The summed E-state index contributed by atoms with van der Waals surface area (Å²) >= 11 is 13.5. The van der Waals surface area contributed by atoms with E-state index >= 15 is 0 Å². The maximum atomic E-state index is 12.7. The highest BCUT2D eigenvalue weighted by Gasteiger charge is 2.53. The molecule has 31 heavy (non-hydrogen) atoms. The number of aliphatic imine (C=N–C) groups is 1. The summed E-state index contributed by atoms with van der Waals surface area (Å²) in [4.78, 5) is 29.1. The average Bonchev–Trinajstić information content (AvgIpc) is 3.22. The van der Waals surface area contributed by atoms with Crippen LogP contribution in [0.25, 0.3) is 0 Å². The Kier molecular flexibility index (Phi) is 6.03. The number of rotatable bonds is 5. The van der Waals surface area contributed by atoms with E-state index < -0.39 is 5.54 Å². The van der Waals surface area contributed by atoms with Gasteiger partial charge in [-0.3, -0.25) is 0 Å². The minimum Gasteiger partial charge on any atom is -0.462 e. The van der Waals surface area contributed by atoms with E-state index in [-0.39, 0.29) is 17.9 Å². The summed E-state index contributed by atoms with van der Waals surface area (Å²) in [6.45, 7) is 8.31. The maximum Gasteiger partial charge on any atom is 0.346 e. The Morgan fingerprint density at radius 1 is 1.19 bits per heavy atom. The van der Waals surface area contributed by atoms with Crippen molar-refractivity contribution in [2.75, 3.05) is 6.61 Å². The molecule has 1 unspecified atom stereocenters. The standard InChI is InChI=1S/C22H22Cl2N4O2S/c1-5-30-20(29)18-17(12(2)3)28-19(13-6-8-15(23)25-10-13)22(4,27-21(28)31-18)14-7-9-16(24)26-11-14/h6-12,19H,5H2,1-4H3/t19?,22-/m0/s1. The fourth-order valence-electron chi connectivity index (χ4n) is 4.05. The Hall–Kier alpha value is -2.09. The Balaban J connectivity index is 1.89. The Labute approximate surface area is 195 Å². The molecule has 162 valence electrons. The number of ether oxygens (including phenoxy) is 1. The summed E-state index contributed by atoms with van der Waals surface area (Å²) in [5.41, 5.74) is 2.08. The molecule has 0 saturated heterocycles. The third-order valence-electron chi connectivity index (χ3n) is 5.40. The molecule has 2 atom stereocenters. The molecule has 2 aromatic rings. The zero-order chi connectivity index (χ0) is 22.3. The zero-order valence-corrected chi connectivity index (χ0v) is 19.9. The van der Waals surface area contributed by atoms with Gasteiger partial charge in [-0.15, -0.1) is 0 Å². The van der Waals surface area contributed by atoms with Gasteiger partial charge in [0.2, 0.25) is 0 Å². The molecule has 2 aliphatic heterocycles. The summed E-state index contributed by atoms with van der Waals surface area (Å²) in [6, 6.07) is 7.17. The lowest BCUT2D eigenvalue weighted by Crippen LogP contribution is -2.36. The Morgan fingerprint density at radius 3 is 2.42 bits per heavy atom. The van der Waals surface area contributed by atoms with Crippen LogP contribution < -0.4 is 0 Å². The molecule has 0 aliphatic carbocycles.